The van der Waals surface area contributed by atoms with Gasteiger partial charge in [0.2, 0.25) is 5.91 Å². The lowest BCUT2D eigenvalue weighted by molar-refractivity contribution is -0.125. The summed E-state index contributed by atoms with van der Waals surface area (Å²) in [7, 11) is 1.67. The van der Waals surface area contributed by atoms with E-state index in [1.165, 1.54) is 4.90 Å². The Morgan fingerprint density at radius 1 is 1.48 bits per heavy atom. The Kier molecular flexibility index (Phi) is 4.22. The first-order valence-electron chi connectivity index (χ1n) is 7.23. The number of halogens is 1. The second-order valence-corrected chi connectivity index (χ2v) is 6.01. The van der Waals surface area contributed by atoms with Crippen molar-refractivity contribution in [3.05, 3.63) is 35.4 Å². The molecule has 3 rings (SSSR count). The average Bonchev–Trinajstić information content (AvgIpc) is 2.99. The van der Waals surface area contributed by atoms with Gasteiger partial charge in [0.15, 0.2) is 17.8 Å². The Morgan fingerprint density at radius 2 is 2.26 bits per heavy atom. The molecule has 0 unspecified atom stereocenters. The third-order valence-corrected chi connectivity index (χ3v) is 4.27. The second kappa shape index (κ2) is 6.31. The Balaban J connectivity index is 1.68. The van der Waals surface area contributed by atoms with E-state index < -0.39 is 0 Å². The van der Waals surface area contributed by atoms with Crippen LogP contribution in [0.5, 0.6) is 0 Å². The largest absolute Gasteiger partial charge is 0.354 e. The van der Waals surface area contributed by atoms with Gasteiger partial charge in [-0.2, -0.15) is 5.26 Å². The van der Waals surface area contributed by atoms with Crippen LogP contribution in [0.3, 0.4) is 0 Å². The van der Waals surface area contributed by atoms with E-state index >= 15 is 0 Å². The van der Waals surface area contributed by atoms with Gasteiger partial charge in [-0.3, -0.25) is 9.69 Å². The molecular formula is C16H15ClN4O2. The molecular weight excluding hydrogens is 316 g/mol. The predicted molar refractivity (Wildman–Crippen MR) is 85.6 cm³/mol. The summed E-state index contributed by atoms with van der Waals surface area (Å²) < 4.78 is 5.31. The van der Waals surface area contributed by atoms with Gasteiger partial charge in [0.05, 0.1) is 0 Å². The molecule has 1 aliphatic carbocycles. The lowest BCUT2D eigenvalue weighted by Gasteiger charge is -2.34. The summed E-state index contributed by atoms with van der Waals surface area (Å²) in [5, 5.41) is 15.8. The first-order valence-corrected chi connectivity index (χ1v) is 7.61. The minimum Gasteiger partial charge on any atom is -0.354 e. The molecule has 0 atom stereocenters. The number of nitrogens with zero attached hydrogens (tertiary/aromatic N) is 3. The summed E-state index contributed by atoms with van der Waals surface area (Å²) in [6, 6.07) is 9.06. The lowest BCUT2D eigenvalue weighted by atomic mass is 9.79. The molecule has 7 heteroatoms. The minimum atomic E-state index is -0.0860. The molecule has 1 aliphatic rings. The zero-order chi connectivity index (χ0) is 16.4. The molecule has 1 N–H and O–H groups in total. The van der Waals surface area contributed by atoms with Crippen LogP contribution in [0.4, 0.5) is 5.82 Å². The number of hydrogen-bond donors (Lipinski definition) is 1. The van der Waals surface area contributed by atoms with E-state index in [0.717, 1.165) is 5.56 Å². The third kappa shape index (κ3) is 3.15. The van der Waals surface area contributed by atoms with Crippen molar-refractivity contribution in [1.82, 2.24) is 10.5 Å². The monoisotopic (exact) mass is 330 g/mol. The van der Waals surface area contributed by atoms with Gasteiger partial charge in [-0.25, -0.2) is 0 Å². The standard InChI is InChI=1S/C16H15ClN4O2/c1-21(16(22)11-6-13(7-11)19-9-18)15-8-14(23-20-15)10-3-2-4-12(17)5-10/h2-5,8,11,13,19H,6-7H2,1H3/t11-,13-. The number of anilines is 1. The molecule has 0 bridgehead atoms. The van der Waals surface area contributed by atoms with E-state index in [4.69, 9.17) is 21.4 Å². The van der Waals surface area contributed by atoms with Gasteiger partial charge in [-0.1, -0.05) is 28.9 Å². The van der Waals surface area contributed by atoms with Crippen molar-refractivity contribution in [2.24, 2.45) is 5.92 Å². The van der Waals surface area contributed by atoms with Crippen molar-refractivity contribution < 1.29 is 9.32 Å². The van der Waals surface area contributed by atoms with E-state index in [9.17, 15) is 4.79 Å². The van der Waals surface area contributed by atoms with Crippen LogP contribution in [-0.2, 0) is 4.79 Å². The number of nitrogens with one attached hydrogen (secondary N) is 1. The van der Waals surface area contributed by atoms with Crippen LogP contribution in [0.25, 0.3) is 11.3 Å². The van der Waals surface area contributed by atoms with Gasteiger partial charge in [-0.05, 0) is 25.0 Å². The summed E-state index contributed by atoms with van der Waals surface area (Å²) in [4.78, 5) is 13.9. The third-order valence-electron chi connectivity index (χ3n) is 4.04. The first kappa shape index (κ1) is 15.4. The van der Waals surface area contributed by atoms with Crippen molar-refractivity contribution in [2.45, 2.75) is 18.9 Å². The number of aromatic nitrogens is 1. The molecule has 0 radical (unpaired) electrons. The van der Waals surface area contributed by atoms with Crippen molar-refractivity contribution in [3.63, 3.8) is 0 Å². The highest BCUT2D eigenvalue weighted by Gasteiger charge is 2.36. The molecule has 1 fully saturated rings. The second-order valence-electron chi connectivity index (χ2n) is 5.58. The fourth-order valence-corrected chi connectivity index (χ4v) is 2.81. The molecule has 1 amide bonds. The molecule has 2 aromatic rings. The average molecular weight is 331 g/mol. The summed E-state index contributed by atoms with van der Waals surface area (Å²) in [5.74, 6) is 0.908. The lowest BCUT2D eigenvalue weighted by Crippen LogP contribution is -2.47. The van der Waals surface area contributed by atoms with E-state index in [1.54, 1.807) is 25.2 Å². The van der Waals surface area contributed by atoms with Gasteiger partial charge < -0.3 is 9.84 Å². The minimum absolute atomic E-state index is 0.0214. The highest BCUT2D eigenvalue weighted by molar-refractivity contribution is 6.30. The van der Waals surface area contributed by atoms with Gasteiger partial charge in [0.25, 0.3) is 0 Å². The highest BCUT2D eigenvalue weighted by Crippen LogP contribution is 2.31. The van der Waals surface area contributed by atoms with Crippen LogP contribution in [0.2, 0.25) is 5.02 Å². The molecule has 0 spiro atoms. The van der Waals surface area contributed by atoms with Crippen molar-refractivity contribution in [3.8, 4) is 17.5 Å². The molecule has 0 aliphatic heterocycles. The van der Waals surface area contributed by atoms with E-state index in [-0.39, 0.29) is 17.9 Å². The topological polar surface area (TPSA) is 82.2 Å². The molecule has 1 aromatic carbocycles. The normalized spacial score (nSPS) is 19.5. The van der Waals surface area contributed by atoms with Crippen LogP contribution in [0, 0.1) is 17.4 Å². The van der Waals surface area contributed by atoms with Crippen LogP contribution in [-0.4, -0.2) is 24.2 Å². The quantitative estimate of drug-likeness (QED) is 0.688. The maximum atomic E-state index is 12.4. The first-order chi connectivity index (χ1) is 11.1. The van der Waals surface area contributed by atoms with Crippen LogP contribution in [0.15, 0.2) is 34.9 Å². The molecule has 23 heavy (non-hydrogen) atoms. The van der Waals surface area contributed by atoms with Crippen LogP contribution in [0.1, 0.15) is 12.8 Å². The zero-order valence-corrected chi connectivity index (χ0v) is 13.2. The Hall–Kier alpha value is -2.52. The van der Waals surface area contributed by atoms with Gasteiger partial charge in [-0.15, -0.1) is 0 Å². The van der Waals surface area contributed by atoms with E-state index in [1.807, 2.05) is 18.3 Å². The van der Waals surface area contributed by atoms with Crippen molar-refractivity contribution in [1.29, 1.82) is 5.26 Å². The summed E-state index contributed by atoms with van der Waals surface area (Å²) in [6.45, 7) is 0. The number of carbonyl (C=O) groups excluding carboxylic acids is 1. The number of rotatable bonds is 4. The summed E-state index contributed by atoms with van der Waals surface area (Å²) in [6.07, 6.45) is 3.23. The Labute approximate surface area is 138 Å². The van der Waals surface area contributed by atoms with Crippen LogP contribution >= 0.6 is 11.6 Å². The Bertz CT molecular complexity index is 761. The Morgan fingerprint density at radius 3 is 2.96 bits per heavy atom. The molecule has 0 saturated heterocycles. The molecule has 6 nitrogen and oxygen atoms in total. The summed E-state index contributed by atoms with van der Waals surface area (Å²) >= 11 is 5.97. The highest BCUT2D eigenvalue weighted by atomic mass is 35.5. The molecule has 1 heterocycles. The maximum absolute atomic E-state index is 12.4. The number of hydrogen-bond acceptors (Lipinski definition) is 5. The molecule has 1 saturated carbocycles. The molecule has 118 valence electrons. The number of carbonyl (C=O) groups is 1. The summed E-state index contributed by atoms with van der Waals surface area (Å²) in [5.41, 5.74) is 0.805. The van der Waals surface area contributed by atoms with Crippen molar-refractivity contribution in [2.75, 3.05) is 11.9 Å². The van der Waals surface area contributed by atoms with Gasteiger partial charge >= 0.3 is 0 Å². The predicted octanol–water partition coefficient (Wildman–Crippen LogP) is 2.81. The smallest absolute Gasteiger partial charge is 0.231 e. The fourth-order valence-electron chi connectivity index (χ4n) is 2.62. The van der Waals surface area contributed by atoms with Gasteiger partial charge in [0.1, 0.15) is 0 Å². The number of benzene rings is 1. The van der Waals surface area contributed by atoms with Gasteiger partial charge in [0, 0.05) is 35.7 Å². The zero-order valence-electron chi connectivity index (χ0n) is 12.5. The number of amides is 1. The number of nitriles is 1. The molecule has 1 aromatic heterocycles. The van der Waals surface area contributed by atoms with Crippen molar-refractivity contribution >= 4 is 23.3 Å². The van der Waals surface area contributed by atoms with Crippen LogP contribution < -0.4 is 10.2 Å². The fraction of sp³-hybridized carbons (Fsp3) is 0.312. The van der Waals surface area contributed by atoms with E-state index in [2.05, 4.69) is 10.5 Å². The van der Waals surface area contributed by atoms with E-state index in [0.29, 0.717) is 29.4 Å². The maximum Gasteiger partial charge on any atom is 0.231 e. The SMILES string of the molecule is CN(c1cc(-c2cccc(Cl)c2)on1)C(=O)[C@H]1C[C@H](NC#N)C1.